The van der Waals surface area contributed by atoms with Crippen LogP contribution in [0.3, 0.4) is 0 Å². The van der Waals surface area contributed by atoms with Crippen molar-refractivity contribution in [1.29, 1.82) is 0 Å². The van der Waals surface area contributed by atoms with Gasteiger partial charge in [-0.1, -0.05) is 0 Å². The Morgan fingerprint density at radius 1 is 0.609 bits per heavy atom. The van der Waals surface area contributed by atoms with Crippen molar-refractivity contribution < 1.29 is 0 Å². The quantitative estimate of drug-likeness (QED) is 0.510. The Morgan fingerprint density at radius 2 is 0.870 bits per heavy atom. The van der Waals surface area contributed by atoms with E-state index in [1.807, 2.05) is 20.8 Å². The van der Waals surface area contributed by atoms with Crippen molar-refractivity contribution in [2.24, 2.45) is 0 Å². The Morgan fingerprint density at radius 3 is 1.04 bits per heavy atom. The molecule has 3 aromatic rings. The fourth-order valence-corrected chi connectivity index (χ4v) is 3.26. The van der Waals surface area contributed by atoms with Crippen molar-refractivity contribution in [3.05, 3.63) is 52.4 Å². The van der Waals surface area contributed by atoms with E-state index in [1.165, 1.54) is 0 Å². The normalized spacial score (nSPS) is 11.1. The molecule has 0 aliphatic rings. The van der Waals surface area contributed by atoms with E-state index in [9.17, 15) is 0 Å². The van der Waals surface area contributed by atoms with E-state index in [0.717, 1.165) is 34.2 Å². The standard InChI is InChI=1S/C15H22BN6.Tl/c1-10-7-13(4)20(17-10)16(21-14(5)8-11(2)18-21)22-15(6)9-12(3)19-22;/h7-9,16H,1-6H3;/q-1;+1. The minimum absolute atomic E-state index is 0. The molecule has 0 amide bonds. The summed E-state index contributed by atoms with van der Waals surface area (Å²) in [7, 11) is -1.26. The molecule has 6 nitrogen and oxygen atoms in total. The molecule has 0 saturated heterocycles. The van der Waals surface area contributed by atoms with Gasteiger partial charge in [-0.3, -0.25) is 0 Å². The number of aromatic nitrogens is 6. The molecule has 0 unspecified atom stereocenters. The molecule has 0 bridgehead atoms. The predicted octanol–water partition coefficient (Wildman–Crippen LogP) is 1.41. The first kappa shape index (κ1) is 18.0. The van der Waals surface area contributed by atoms with E-state index in [-0.39, 0.29) is 27.3 Å². The molecule has 3 heterocycles. The summed E-state index contributed by atoms with van der Waals surface area (Å²) in [6.45, 7) is 12.3. The van der Waals surface area contributed by atoms with Crippen molar-refractivity contribution >= 4 is 34.4 Å². The molecule has 0 aromatic carbocycles. The van der Waals surface area contributed by atoms with Gasteiger partial charge in [0, 0.05) is 0 Å². The second-order valence-corrected chi connectivity index (χ2v) is 6.20. The monoisotopic (exact) mass is 502 g/mol. The molecule has 0 aliphatic heterocycles. The van der Waals surface area contributed by atoms with Crippen molar-refractivity contribution in [2.45, 2.75) is 41.5 Å². The number of rotatable bonds is 3. The maximum Gasteiger partial charge on any atom is 1.00 e. The number of nitrogens with zero attached hydrogens (tertiary/aromatic N) is 6. The van der Waals surface area contributed by atoms with E-state index >= 15 is 0 Å². The third kappa shape index (κ3) is 3.29. The summed E-state index contributed by atoms with van der Waals surface area (Å²) in [5.74, 6) is 0. The van der Waals surface area contributed by atoms with Crippen LogP contribution in [0.4, 0.5) is 0 Å². The molecule has 0 atom stereocenters. The summed E-state index contributed by atoms with van der Waals surface area (Å²) in [6, 6.07) is 6.28. The summed E-state index contributed by atoms with van der Waals surface area (Å²) in [6.07, 6.45) is 0. The average Bonchev–Trinajstić information content (AvgIpc) is 3.02. The molecular weight excluding hydrogens is 479 g/mol. The van der Waals surface area contributed by atoms with Gasteiger partial charge in [-0.2, -0.15) is 0 Å². The summed E-state index contributed by atoms with van der Waals surface area (Å²) in [5, 5.41) is 14.1. The molecule has 118 valence electrons. The van der Waals surface area contributed by atoms with Crippen LogP contribution in [0.1, 0.15) is 34.2 Å². The van der Waals surface area contributed by atoms with Crippen LogP contribution in [0.2, 0.25) is 0 Å². The predicted molar refractivity (Wildman–Crippen MR) is 94.2 cm³/mol. The van der Waals surface area contributed by atoms with Crippen LogP contribution in [0, 0.1) is 41.5 Å². The third-order valence-electron chi connectivity index (χ3n) is 4.11. The van der Waals surface area contributed by atoms with Gasteiger partial charge in [0.15, 0.2) is 0 Å². The second kappa shape index (κ2) is 6.62. The molecule has 0 aliphatic carbocycles. The number of hydrogen-bond donors (Lipinski definition) is 0. The van der Waals surface area contributed by atoms with Crippen LogP contribution in [0.5, 0.6) is 0 Å². The molecule has 23 heavy (non-hydrogen) atoms. The molecule has 0 spiro atoms. The molecule has 0 fully saturated rings. The minimum Gasteiger partial charge on any atom is -0.400 e. The summed E-state index contributed by atoms with van der Waals surface area (Å²) in [5.41, 5.74) is 6.40. The van der Waals surface area contributed by atoms with Crippen LogP contribution < -0.4 is 0 Å². The van der Waals surface area contributed by atoms with Gasteiger partial charge in [-0.15, -0.1) is 0 Å². The third-order valence-corrected chi connectivity index (χ3v) is 4.11. The van der Waals surface area contributed by atoms with Crippen molar-refractivity contribution in [3.8, 4) is 0 Å². The van der Waals surface area contributed by atoms with E-state index < -0.39 is 7.12 Å². The zero-order chi connectivity index (χ0) is 16.0. The molecule has 0 radical (unpaired) electrons. The summed E-state index contributed by atoms with van der Waals surface area (Å²) < 4.78 is 6.19. The maximum atomic E-state index is 4.70. The Labute approximate surface area is 157 Å². The molecule has 0 saturated carbocycles. The van der Waals surface area contributed by atoms with Gasteiger partial charge in [-0.25, -0.2) is 15.3 Å². The Balaban J connectivity index is 0.00000192. The summed E-state index contributed by atoms with van der Waals surface area (Å²) >= 11 is 0. The van der Waals surface area contributed by atoms with Crippen LogP contribution >= 0.6 is 0 Å². The first-order valence-corrected chi connectivity index (χ1v) is 7.62. The number of aryl methyl sites for hydroxylation is 6. The van der Waals surface area contributed by atoms with Gasteiger partial charge < -0.3 is 13.8 Å². The van der Waals surface area contributed by atoms with E-state index in [0.29, 0.717) is 0 Å². The molecule has 3 aromatic heterocycles. The van der Waals surface area contributed by atoms with E-state index in [4.69, 9.17) is 15.3 Å². The molecular formula is C15H22BN6Tl. The Bertz CT molecular complexity index is 721. The largest absolute Gasteiger partial charge is 1.00 e. The summed E-state index contributed by atoms with van der Waals surface area (Å²) in [4.78, 5) is 0. The maximum absolute atomic E-state index is 4.70. The fraction of sp³-hybridized carbons (Fsp3) is 0.400. The van der Waals surface area contributed by atoms with Gasteiger partial charge in [0.25, 0.3) is 0 Å². The first-order chi connectivity index (χ1) is 10.4. The van der Waals surface area contributed by atoms with Gasteiger partial charge >= 0.3 is 34.4 Å². The topological polar surface area (TPSA) is 53.5 Å². The van der Waals surface area contributed by atoms with Crippen LogP contribution in [0.15, 0.2) is 18.2 Å². The first-order valence-electron chi connectivity index (χ1n) is 7.62. The van der Waals surface area contributed by atoms with Gasteiger partial charge in [0.05, 0.1) is 17.1 Å². The van der Waals surface area contributed by atoms with Crippen molar-refractivity contribution in [1.82, 2.24) is 29.1 Å². The zero-order valence-corrected chi connectivity index (χ0v) is 19.2. The van der Waals surface area contributed by atoms with E-state index in [1.54, 1.807) is 0 Å². The van der Waals surface area contributed by atoms with Crippen LogP contribution in [0.25, 0.3) is 0 Å². The van der Waals surface area contributed by atoms with Crippen LogP contribution in [-0.4, -0.2) is 63.5 Å². The fourth-order valence-electron chi connectivity index (χ4n) is 3.26. The smallest absolute Gasteiger partial charge is 0.400 e. The van der Waals surface area contributed by atoms with Gasteiger partial charge in [-0.05, 0) is 76.8 Å². The minimum atomic E-state index is -1.26. The van der Waals surface area contributed by atoms with Crippen LogP contribution in [-0.2, 0) is 0 Å². The molecule has 8 heteroatoms. The van der Waals surface area contributed by atoms with Gasteiger partial charge in [0.1, 0.15) is 0 Å². The second-order valence-electron chi connectivity index (χ2n) is 6.20. The van der Waals surface area contributed by atoms with Crippen molar-refractivity contribution in [2.75, 3.05) is 0 Å². The number of hydrogen-bond acceptors (Lipinski definition) is 3. The van der Waals surface area contributed by atoms with Gasteiger partial charge in [0.2, 0.25) is 0 Å². The Kier molecular flexibility index (Phi) is 5.17. The molecule has 0 N–H and O–H groups in total. The SMILES string of the molecule is Cc1cc(C)n([BH-](n2nc(C)cc2C)n2nc(C)cc2C)n1.[Tl+]. The zero-order valence-electron chi connectivity index (χ0n) is 14.7. The molecule has 3 rings (SSSR count). The van der Waals surface area contributed by atoms with E-state index in [2.05, 4.69) is 52.7 Å². The average molecular weight is 502 g/mol. The van der Waals surface area contributed by atoms with Crippen molar-refractivity contribution in [3.63, 3.8) is 0 Å². The Hall–Kier alpha value is -1.38.